The molecule has 0 bridgehead atoms. The second kappa shape index (κ2) is 9.32. The summed E-state index contributed by atoms with van der Waals surface area (Å²) in [6.45, 7) is 4.91. The molecule has 0 aliphatic rings. The fraction of sp³-hybridized carbons (Fsp3) is 0.278. The Kier molecular flexibility index (Phi) is 7.41. The summed E-state index contributed by atoms with van der Waals surface area (Å²) in [7, 11) is 0. The van der Waals surface area contributed by atoms with E-state index in [-0.39, 0.29) is 5.91 Å². The van der Waals surface area contributed by atoms with E-state index in [9.17, 15) is 4.79 Å². The molecule has 1 amide bonds. The minimum atomic E-state index is -0.312. The smallest absolute Gasteiger partial charge is 0.255 e. The SMILES string of the molecule is CCCOc1c(Br)cc(C(=O)Nc2ccc(Cl)cc2Cl)cc1OCC. The van der Waals surface area contributed by atoms with Gasteiger partial charge in [-0.2, -0.15) is 0 Å². The average Bonchev–Trinajstić information content (AvgIpc) is 2.56. The van der Waals surface area contributed by atoms with Crippen LogP contribution < -0.4 is 14.8 Å². The van der Waals surface area contributed by atoms with Crippen LogP contribution in [0, 0.1) is 0 Å². The van der Waals surface area contributed by atoms with Crippen LogP contribution in [0.1, 0.15) is 30.6 Å². The second-order valence-electron chi connectivity index (χ2n) is 5.15. The zero-order chi connectivity index (χ0) is 18.4. The van der Waals surface area contributed by atoms with Crippen LogP contribution in [-0.4, -0.2) is 19.1 Å². The Labute approximate surface area is 165 Å². The van der Waals surface area contributed by atoms with Crippen molar-refractivity contribution in [3.05, 3.63) is 50.4 Å². The molecule has 0 aromatic heterocycles. The summed E-state index contributed by atoms with van der Waals surface area (Å²) in [6, 6.07) is 8.22. The quantitative estimate of drug-likeness (QED) is 0.551. The van der Waals surface area contributed by atoms with Crippen LogP contribution >= 0.6 is 39.1 Å². The Morgan fingerprint density at radius 3 is 2.56 bits per heavy atom. The van der Waals surface area contributed by atoms with E-state index in [1.165, 1.54) is 0 Å². The molecule has 1 N–H and O–H groups in total. The maximum Gasteiger partial charge on any atom is 0.255 e. The van der Waals surface area contributed by atoms with Gasteiger partial charge in [0, 0.05) is 10.6 Å². The molecule has 0 radical (unpaired) electrons. The Balaban J connectivity index is 2.29. The maximum atomic E-state index is 12.6. The zero-order valence-corrected chi connectivity index (χ0v) is 17.0. The lowest BCUT2D eigenvalue weighted by Crippen LogP contribution is -2.13. The van der Waals surface area contributed by atoms with E-state index in [1.54, 1.807) is 30.3 Å². The lowest BCUT2D eigenvalue weighted by molar-refractivity contribution is 0.102. The van der Waals surface area contributed by atoms with Gasteiger partial charge in [-0.25, -0.2) is 0 Å². The van der Waals surface area contributed by atoms with Gasteiger partial charge in [0.05, 0.1) is 28.4 Å². The molecule has 2 rings (SSSR count). The number of rotatable bonds is 7. The van der Waals surface area contributed by atoms with E-state index in [4.69, 9.17) is 32.7 Å². The number of hydrogen-bond donors (Lipinski definition) is 1. The van der Waals surface area contributed by atoms with E-state index in [2.05, 4.69) is 21.2 Å². The molecule has 0 unspecified atom stereocenters. The van der Waals surface area contributed by atoms with Gasteiger partial charge in [-0.15, -0.1) is 0 Å². The van der Waals surface area contributed by atoms with Crippen molar-refractivity contribution in [1.82, 2.24) is 0 Å². The summed E-state index contributed by atoms with van der Waals surface area (Å²) in [5, 5.41) is 3.64. The topological polar surface area (TPSA) is 47.6 Å². The van der Waals surface area contributed by atoms with E-state index in [1.807, 2.05) is 13.8 Å². The Morgan fingerprint density at radius 2 is 1.92 bits per heavy atom. The van der Waals surface area contributed by atoms with Crippen LogP contribution in [0.4, 0.5) is 5.69 Å². The van der Waals surface area contributed by atoms with E-state index >= 15 is 0 Å². The molecule has 0 saturated heterocycles. The van der Waals surface area contributed by atoms with Crippen molar-refractivity contribution in [2.75, 3.05) is 18.5 Å². The summed E-state index contributed by atoms with van der Waals surface area (Å²) >= 11 is 15.4. The zero-order valence-electron chi connectivity index (χ0n) is 13.9. The van der Waals surface area contributed by atoms with Gasteiger partial charge in [-0.1, -0.05) is 30.1 Å². The molecule has 25 heavy (non-hydrogen) atoms. The third kappa shape index (κ3) is 5.27. The molecule has 4 nitrogen and oxygen atoms in total. The van der Waals surface area contributed by atoms with Crippen LogP contribution in [0.5, 0.6) is 11.5 Å². The Bertz CT molecular complexity index is 768. The van der Waals surface area contributed by atoms with Crippen LogP contribution in [0.2, 0.25) is 10.0 Å². The van der Waals surface area contributed by atoms with Crippen molar-refractivity contribution in [2.24, 2.45) is 0 Å². The van der Waals surface area contributed by atoms with Gasteiger partial charge in [-0.3, -0.25) is 4.79 Å². The molecule has 7 heteroatoms. The standard InChI is InChI=1S/C18H18BrCl2NO3/c1-3-7-25-17-13(19)8-11(9-16(17)24-4-2)18(23)22-15-6-5-12(20)10-14(15)21/h5-6,8-10H,3-4,7H2,1-2H3,(H,22,23). The van der Waals surface area contributed by atoms with Crippen molar-refractivity contribution in [3.8, 4) is 11.5 Å². The molecule has 0 aliphatic heterocycles. The lowest BCUT2D eigenvalue weighted by Gasteiger charge is -2.15. The number of anilines is 1. The first-order chi connectivity index (χ1) is 12.0. The van der Waals surface area contributed by atoms with Crippen molar-refractivity contribution < 1.29 is 14.3 Å². The van der Waals surface area contributed by atoms with Gasteiger partial charge < -0.3 is 14.8 Å². The predicted molar refractivity (Wildman–Crippen MR) is 106 cm³/mol. The number of carbonyl (C=O) groups excluding carboxylic acids is 1. The van der Waals surface area contributed by atoms with Crippen LogP contribution in [-0.2, 0) is 0 Å². The highest BCUT2D eigenvalue weighted by atomic mass is 79.9. The van der Waals surface area contributed by atoms with Gasteiger partial charge in [0.15, 0.2) is 11.5 Å². The van der Waals surface area contributed by atoms with Gasteiger partial charge in [0.1, 0.15) is 0 Å². The largest absolute Gasteiger partial charge is 0.490 e. The molecular formula is C18H18BrCl2NO3. The first-order valence-electron chi connectivity index (χ1n) is 7.81. The molecule has 0 aliphatic carbocycles. The highest BCUT2D eigenvalue weighted by Crippen LogP contribution is 2.37. The average molecular weight is 447 g/mol. The molecule has 0 atom stereocenters. The molecular weight excluding hydrogens is 429 g/mol. The van der Waals surface area contributed by atoms with Gasteiger partial charge in [-0.05, 0) is 59.6 Å². The van der Waals surface area contributed by atoms with Crippen LogP contribution in [0.3, 0.4) is 0 Å². The third-order valence-corrected chi connectivity index (χ3v) is 4.34. The number of carbonyl (C=O) groups is 1. The van der Waals surface area contributed by atoms with Crippen molar-refractivity contribution in [2.45, 2.75) is 20.3 Å². The number of amides is 1. The van der Waals surface area contributed by atoms with Crippen LogP contribution in [0.15, 0.2) is 34.8 Å². The fourth-order valence-electron chi connectivity index (χ4n) is 2.09. The monoisotopic (exact) mass is 445 g/mol. The number of ether oxygens (including phenoxy) is 2. The molecule has 0 heterocycles. The summed E-state index contributed by atoms with van der Waals surface area (Å²) in [5.74, 6) is 0.787. The van der Waals surface area contributed by atoms with E-state index in [0.717, 1.165) is 6.42 Å². The van der Waals surface area contributed by atoms with Gasteiger partial charge >= 0.3 is 0 Å². The number of halogens is 3. The maximum absolute atomic E-state index is 12.6. The van der Waals surface area contributed by atoms with Crippen molar-refractivity contribution >= 4 is 50.7 Å². The second-order valence-corrected chi connectivity index (χ2v) is 6.84. The Hall–Kier alpha value is -1.43. The highest BCUT2D eigenvalue weighted by molar-refractivity contribution is 9.10. The first-order valence-corrected chi connectivity index (χ1v) is 9.36. The summed E-state index contributed by atoms with van der Waals surface area (Å²) in [6.07, 6.45) is 0.870. The first kappa shape index (κ1) is 19.9. The highest BCUT2D eigenvalue weighted by Gasteiger charge is 2.17. The van der Waals surface area contributed by atoms with Crippen molar-refractivity contribution in [3.63, 3.8) is 0 Å². The minimum Gasteiger partial charge on any atom is -0.490 e. The fourth-order valence-corrected chi connectivity index (χ4v) is 3.10. The predicted octanol–water partition coefficient (Wildman–Crippen LogP) is 6.20. The minimum absolute atomic E-state index is 0.312. The van der Waals surface area contributed by atoms with Gasteiger partial charge in [0.25, 0.3) is 5.91 Å². The van der Waals surface area contributed by atoms with E-state index in [0.29, 0.717) is 50.5 Å². The lowest BCUT2D eigenvalue weighted by atomic mass is 10.1. The van der Waals surface area contributed by atoms with E-state index < -0.39 is 0 Å². The Morgan fingerprint density at radius 1 is 1.16 bits per heavy atom. The summed E-state index contributed by atoms with van der Waals surface area (Å²) in [5.41, 5.74) is 0.904. The normalized spacial score (nSPS) is 10.4. The summed E-state index contributed by atoms with van der Waals surface area (Å²) < 4.78 is 12.0. The number of nitrogens with one attached hydrogen (secondary N) is 1. The van der Waals surface area contributed by atoms with Crippen molar-refractivity contribution in [1.29, 1.82) is 0 Å². The molecule has 0 spiro atoms. The molecule has 2 aromatic rings. The molecule has 2 aromatic carbocycles. The van der Waals surface area contributed by atoms with Crippen LogP contribution in [0.25, 0.3) is 0 Å². The third-order valence-electron chi connectivity index (χ3n) is 3.20. The summed E-state index contributed by atoms with van der Waals surface area (Å²) in [4.78, 5) is 12.6. The number of hydrogen-bond acceptors (Lipinski definition) is 3. The number of benzene rings is 2. The molecule has 134 valence electrons. The van der Waals surface area contributed by atoms with Gasteiger partial charge in [0.2, 0.25) is 0 Å². The molecule has 0 fully saturated rings. The molecule has 0 saturated carbocycles.